The third-order valence-corrected chi connectivity index (χ3v) is 7.32. The molecule has 168 valence electrons. The Balaban J connectivity index is 1.81. The molecule has 2 aliphatic rings. The van der Waals surface area contributed by atoms with Gasteiger partial charge in [0.25, 0.3) is 0 Å². The highest BCUT2D eigenvalue weighted by Crippen LogP contribution is 2.47. The van der Waals surface area contributed by atoms with Gasteiger partial charge in [0.2, 0.25) is 0 Å². The van der Waals surface area contributed by atoms with E-state index in [0.29, 0.717) is 5.92 Å². The first-order chi connectivity index (χ1) is 16.4. The molecule has 34 heavy (non-hydrogen) atoms. The summed E-state index contributed by atoms with van der Waals surface area (Å²) in [6, 6.07) is 32.0. The van der Waals surface area contributed by atoms with Gasteiger partial charge < -0.3 is 0 Å². The van der Waals surface area contributed by atoms with Crippen LogP contribution in [0, 0.1) is 13.8 Å². The van der Waals surface area contributed by atoms with Crippen LogP contribution in [0.3, 0.4) is 0 Å². The predicted molar refractivity (Wildman–Crippen MR) is 147 cm³/mol. The Morgan fingerprint density at radius 2 is 1.29 bits per heavy atom. The smallest absolute Gasteiger partial charge is 0.206 e. The zero-order valence-electron chi connectivity index (χ0n) is 20.0. The SMILES string of the molecule is Cc1cc(-c2cc(-c3ccccc3)[o+]c(-c3ccccc3)c2Br)c2c(C)ccc(C(C)C)cc1-2. The molecule has 0 bridgehead atoms. The molecule has 0 N–H and O–H groups in total. The van der Waals surface area contributed by atoms with Crippen molar-refractivity contribution in [3.8, 4) is 44.9 Å². The fourth-order valence-electron chi connectivity index (χ4n) is 4.63. The highest BCUT2D eigenvalue weighted by molar-refractivity contribution is 9.10. The number of benzene rings is 2. The van der Waals surface area contributed by atoms with Crippen LogP contribution in [0.1, 0.15) is 36.5 Å². The van der Waals surface area contributed by atoms with Gasteiger partial charge in [0.15, 0.2) is 0 Å². The van der Waals surface area contributed by atoms with Gasteiger partial charge in [-0.2, -0.15) is 0 Å². The molecule has 0 radical (unpaired) electrons. The van der Waals surface area contributed by atoms with E-state index in [4.69, 9.17) is 4.42 Å². The third-order valence-electron chi connectivity index (χ3n) is 6.53. The van der Waals surface area contributed by atoms with Gasteiger partial charge in [-0.3, -0.25) is 0 Å². The standard InChI is InChI=1S/C32H28BrO/c1-20(2)25-16-15-21(3)30-26(18-25)22(4)17-27(30)28-19-29(23-11-7-5-8-12-23)34-32(31(28)33)24-13-9-6-10-14-24/h5-20H,1-4H3/q+1. The molecule has 5 rings (SSSR count). The minimum Gasteiger partial charge on any atom is -0.206 e. The summed E-state index contributed by atoms with van der Waals surface area (Å²) in [7, 11) is 0. The molecule has 0 saturated carbocycles. The van der Waals surface area contributed by atoms with E-state index in [1.807, 2.05) is 24.3 Å². The van der Waals surface area contributed by atoms with Crippen LogP contribution in [0.5, 0.6) is 0 Å². The molecule has 0 spiro atoms. The van der Waals surface area contributed by atoms with Crippen LogP contribution in [0.25, 0.3) is 44.9 Å². The summed E-state index contributed by atoms with van der Waals surface area (Å²) in [4.78, 5) is 0. The van der Waals surface area contributed by atoms with E-state index in [9.17, 15) is 0 Å². The van der Waals surface area contributed by atoms with Gasteiger partial charge >= 0.3 is 11.5 Å². The van der Waals surface area contributed by atoms with Gasteiger partial charge in [-0.15, -0.1) is 0 Å². The van der Waals surface area contributed by atoms with E-state index in [0.717, 1.165) is 32.7 Å². The summed E-state index contributed by atoms with van der Waals surface area (Å²) in [5.74, 6) is 2.17. The fraction of sp³-hybridized carbons (Fsp3) is 0.156. The normalized spacial score (nSPS) is 11.4. The minimum atomic E-state index is 0.476. The molecule has 2 aliphatic carbocycles. The topological polar surface area (TPSA) is 11.3 Å². The second kappa shape index (κ2) is 9.19. The minimum absolute atomic E-state index is 0.476. The van der Waals surface area contributed by atoms with E-state index in [-0.39, 0.29) is 0 Å². The first-order valence-electron chi connectivity index (χ1n) is 11.8. The van der Waals surface area contributed by atoms with Crippen molar-refractivity contribution in [3.05, 3.63) is 112 Å². The lowest BCUT2D eigenvalue weighted by molar-refractivity contribution is 0.579. The van der Waals surface area contributed by atoms with Gasteiger partial charge in [0.1, 0.15) is 4.47 Å². The van der Waals surface area contributed by atoms with Crippen LogP contribution in [0.4, 0.5) is 0 Å². The monoisotopic (exact) mass is 507 g/mol. The molecule has 2 heteroatoms. The van der Waals surface area contributed by atoms with Crippen molar-refractivity contribution in [3.63, 3.8) is 0 Å². The van der Waals surface area contributed by atoms with E-state index in [1.165, 1.54) is 33.4 Å². The number of rotatable bonds is 4. The lowest BCUT2D eigenvalue weighted by Gasteiger charge is -2.08. The average Bonchev–Trinajstić information content (AvgIpc) is 3.06. The molecule has 0 unspecified atom stereocenters. The molecule has 0 aliphatic heterocycles. The van der Waals surface area contributed by atoms with Gasteiger partial charge in [-0.25, -0.2) is 4.42 Å². The molecule has 0 fully saturated rings. The van der Waals surface area contributed by atoms with Gasteiger partial charge in [-0.05, 0) is 93.3 Å². The largest absolute Gasteiger partial charge is 0.375 e. The quantitative estimate of drug-likeness (QED) is 0.220. The zero-order chi connectivity index (χ0) is 23.8. The van der Waals surface area contributed by atoms with Crippen molar-refractivity contribution in [2.75, 3.05) is 0 Å². The lowest BCUT2D eigenvalue weighted by atomic mass is 9.96. The highest BCUT2D eigenvalue weighted by Gasteiger charge is 2.29. The van der Waals surface area contributed by atoms with E-state index < -0.39 is 0 Å². The molecular formula is C32H28BrO+. The maximum Gasteiger partial charge on any atom is 0.375 e. The Kier molecular flexibility index (Phi) is 6.10. The maximum absolute atomic E-state index is 6.51. The summed E-state index contributed by atoms with van der Waals surface area (Å²) in [6.07, 6.45) is 0. The van der Waals surface area contributed by atoms with Crippen LogP contribution in [-0.2, 0) is 0 Å². The van der Waals surface area contributed by atoms with Crippen molar-refractivity contribution in [2.24, 2.45) is 0 Å². The molecule has 3 aromatic rings. The molecule has 2 aromatic carbocycles. The Morgan fingerprint density at radius 3 is 1.94 bits per heavy atom. The van der Waals surface area contributed by atoms with E-state index in [1.54, 1.807) is 0 Å². The fourth-order valence-corrected chi connectivity index (χ4v) is 5.27. The van der Waals surface area contributed by atoms with Gasteiger partial charge in [-0.1, -0.05) is 74.5 Å². The summed E-state index contributed by atoms with van der Waals surface area (Å²) >= 11 is 3.94. The van der Waals surface area contributed by atoms with Crippen LogP contribution in [0.2, 0.25) is 0 Å². The highest BCUT2D eigenvalue weighted by atomic mass is 79.9. The third kappa shape index (κ3) is 4.08. The second-order valence-corrected chi connectivity index (χ2v) is 10.0. The van der Waals surface area contributed by atoms with Crippen LogP contribution in [-0.4, -0.2) is 0 Å². The average molecular weight is 508 g/mol. The number of halogens is 1. The molecular weight excluding hydrogens is 480 g/mol. The number of hydrogen-bond acceptors (Lipinski definition) is 0. The Hall–Kier alpha value is -3.23. The van der Waals surface area contributed by atoms with Crippen LogP contribution < -0.4 is 0 Å². The lowest BCUT2D eigenvalue weighted by Crippen LogP contribution is -1.90. The van der Waals surface area contributed by atoms with Crippen molar-refractivity contribution in [2.45, 2.75) is 33.6 Å². The number of fused-ring (bicyclic) bond motifs is 1. The van der Waals surface area contributed by atoms with Crippen molar-refractivity contribution in [1.29, 1.82) is 0 Å². The van der Waals surface area contributed by atoms with Crippen LogP contribution in [0.15, 0.2) is 99.9 Å². The summed E-state index contributed by atoms with van der Waals surface area (Å²) in [6.45, 7) is 8.94. The second-order valence-electron chi connectivity index (χ2n) is 9.24. The Labute approximate surface area is 210 Å². The first-order valence-corrected chi connectivity index (χ1v) is 12.5. The Morgan fingerprint density at radius 1 is 0.647 bits per heavy atom. The van der Waals surface area contributed by atoms with Crippen molar-refractivity contribution >= 4 is 15.9 Å². The van der Waals surface area contributed by atoms with Gasteiger partial charge in [0, 0.05) is 5.56 Å². The molecule has 0 saturated heterocycles. The molecule has 1 aromatic heterocycles. The van der Waals surface area contributed by atoms with Gasteiger partial charge in [0.05, 0.1) is 17.2 Å². The molecule has 1 nitrogen and oxygen atoms in total. The first kappa shape index (κ1) is 22.6. The maximum atomic E-state index is 6.51. The Bertz CT molecular complexity index is 1440. The predicted octanol–water partition coefficient (Wildman–Crippen LogP) is 10.2. The molecule has 1 heterocycles. The van der Waals surface area contributed by atoms with E-state index in [2.05, 4.69) is 110 Å². The van der Waals surface area contributed by atoms with E-state index >= 15 is 0 Å². The molecule has 0 atom stereocenters. The van der Waals surface area contributed by atoms with Crippen molar-refractivity contribution in [1.82, 2.24) is 0 Å². The summed E-state index contributed by atoms with van der Waals surface area (Å²) < 4.78 is 7.49. The van der Waals surface area contributed by atoms with Crippen LogP contribution >= 0.6 is 15.9 Å². The summed E-state index contributed by atoms with van der Waals surface area (Å²) in [5, 5.41) is 0. The number of hydrogen-bond donors (Lipinski definition) is 0. The molecule has 0 amide bonds. The summed E-state index contributed by atoms with van der Waals surface area (Å²) in [5.41, 5.74) is 11.0. The van der Waals surface area contributed by atoms with Crippen molar-refractivity contribution < 1.29 is 4.42 Å². The number of aryl methyl sites for hydroxylation is 2. The zero-order valence-corrected chi connectivity index (χ0v) is 21.6.